The maximum absolute atomic E-state index is 6.22. The summed E-state index contributed by atoms with van der Waals surface area (Å²) in [6.07, 6.45) is 0. The number of halogens is 1. The van der Waals surface area contributed by atoms with E-state index in [4.69, 9.17) is 22.1 Å². The van der Waals surface area contributed by atoms with Crippen LogP contribution in [0, 0.1) is 6.92 Å². The number of ether oxygens (including phenoxy) is 1. The van der Waals surface area contributed by atoms with Crippen LogP contribution in [-0.4, -0.2) is 18.2 Å². The standard InChI is InChI=1S/C12H15ClN2O/c1-8-7-9-11(16-2)4-3-10(13)12(9)15(8)6-5-14/h3-4,7H,5-6,14H2,1-2H3. The molecule has 0 atom stereocenters. The molecule has 1 aromatic carbocycles. The number of rotatable bonds is 3. The Bertz CT molecular complexity index is 519. The zero-order valence-electron chi connectivity index (χ0n) is 9.46. The fourth-order valence-electron chi connectivity index (χ4n) is 2.04. The Morgan fingerprint density at radius 1 is 1.44 bits per heavy atom. The van der Waals surface area contributed by atoms with Crippen LogP contribution in [0.25, 0.3) is 10.9 Å². The maximum atomic E-state index is 6.22. The molecule has 3 nitrogen and oxygen atoms in total. The van der Waals surface area contributed by atoms with Crippen molar-refractivity contribution >= 4 is 22.5 Å². The van der Waals surface area contributed by atoms with E-state index in [1.807, 2.05) is 19.1 Å². The number of aromatic nitrogens is 1. The molecule has 0 aliphatic heterocycles. The molecule has 0 unspecified atom stereocenters. The molecule has 86 valence electrons. The van der Waals surface area contributed by atoms with E-state index in [9.17, 15) is 0 Å². The van der Waals surface area contributed by atoms with E-state index in [1.165, 1.54) is 0 Å². The smallest absolute Gasteiger partial charge is 0.128 e. The predicted octanol–water partition coefficient (Wildman–Crippen LogP) is 2.57. The fourth-order valence-corrected chi connectivity index (χ4v) is 2.30. The van der Waals surface area contributed by atoms with Gasteiger partial charge in [0.2, 0.25) is 0 Å². The highest BCUT2D eigenvalue weighted by atomic mass is 35.5. The number of aryl methyl sites for hydroxylation is 1. The molecule has 0 saturated heterocycles. The first-order valence-electron chi connectivity index (χ1n) is 5.21. The molecule has 0 amide bonds. The molecule has 0 spiro atoms. The molecule has 1 aromatic heterocycles. The third-order valence-electron chi connectivity index (χ3n) is 2.75. The van der Waals surface area contributed by atoms with Crippen LogP contribution in [0.5, 0.6) is 5.75 Å². The molecule has 0 aliphatic rings. The van der Waals surface area contributed by atoms with Crippen LogP contribution in [-0.2, 0) is 6.54 Å². The minimum Gasteiger partial charge on any atom is -0.496 e. The number of nitrogens with two attached hydrogens (primary N) is 1. The van der Waals surface area contributed by atoms with Crippen molar-refractivity contribution in [2.75, 3.05) is 13.7 Å². The Hall–Kier alpha value is -1.19. The van der Waals surface area contributed by atoms with E-state index >= 15 is 0 Å². The van der Waals surface area contributed by atoms with Crippen LogP contribution in [0.2, 0.25) is 5.02 Å². The lowest BCUT2D eigenvalue weighted by Crippen LogP contribution is -2.10. The Kier molecular flexibility index (Phi) is 3.08. The van der Waals surface area contributed by atoms with Gasteiger partial charge in [0.15, 0.2) is 0 Å². The predicted molar refractivity (Wildman–Crippen MR) is 67.3 cm³/mol. The number of fused-ring (bicyclic) bond motifs is 1. The topological polar surface area (TPSA) is 40.2 Å². The van der Waals surface area contributed by atoms with Gasteiger partial charge in [-0.2, -0.15) is 0 Å². The molecule has 0 aliphatic carbocycles. The summed E-state index contributed by atoms with van der Waals surface area (Å²) < 4.78 is 7.45. The second kappa shape index (κ2) is 4.36. The van der Waals surface area contributed by atoms with Gasteiger partial charge in [-0.3, -0.25) is 0 Å². The average Bonchev–Trinajstić information content (AvgIpc) is 2.58. The van der Waals surface area contributed by atoms with E-state index in [2.05, 4.69) is 10.6 Å². The average molecular weight is 239 g/mol. The monoisotopic (exact) mass is 238 g/mol. The Balaban J connectivity index is 2.76. The van der Waals surface area contributed by atoms with Crippen LogP contribution >= 0.6 is 11.6 Å². The third kappa shape index (κ3) is 1.66. The van der Waals surface area contributed by atoms with Gasteiger partial charge in [0.05, 0.1) is 17.6 Å². The first-order chi connectivity index (χ1) is 7.69. The lowest BCUT2D eigenvalue weighted by molar-refractivity contribution is 0.420. The lowest BCUT2D eigenvalue weighted by Gasteiger charge is -2.08. The highest BCUT2D eigenvalue weighted by molar-refractivity contribution is 6.35. The zero-order valence-corrected chi connectivity index (χ0v) is 10.2. The molecule has 0 fully saturated rings. The fraction of sp³-hybridized carbons (Fsp3) is 0.333. The summed E-state index contributed by atoms with van der Waals surface area (Å²) in [6, 6.07) is 5.82. The second-order valence-corrected chi connectivity index (χ2v) is 4.15. The summed E-state index contributed by atoms with van der Waals surface area (Å²) in [5, 5.41) is 1.78. The Morgan fingerprint density at radius 3 is 2.81 bits per heavy atom. The van der Waals surface area contributed by atoms with Gasteiger partial charge < -0.3 is 15.0 Å². The molecular formula is C12H15ClN2O. The SMILES string of the molecule is COc1ccc(Cl)c2c1cc(C)n2CCN. The number of hydrogen-bond donors (Lipinski definition) is 1. The van der Waals surface area contributed by atoms with Crippen LogP contribution in [0.1, 0.15) is 5.69 Å². The molecule has 16 heavy (non-hydrogen) atoms. The van der Waals surface area contributed by atoms with Crippen LogP contribution in [0.15, 0.2) is 18.2 Å². The summed E-state index contributed by atoms with van der Waals surface area (Å²) in [7, 11) is 1.66. The van der Waals surface area contributed by atoms with E-state index < -0.39 is 0 Å². The van der Waals surface area contributed by atoms with Crippen molar-refractivity contribution in [2.45, 2.75) is 13.5 Å². The number of benzene rings is 1. The Morgan fingerprint density at radius 2 is 2.19 bits per heavy atom. The number of methoxy groups -OCH3 is 1. The van der Waals surface area contributed by atoms with Gasteiger partial charge in [0, 0.05) is 24.2 Å². The molecule has 2 N–H and O–H groups in total. The molecule has 2 rings (SSSR count). The minimum atomic E-state index is 0.595. The molecule has 4 heteroatoms. The Labute approximate surface area is 99.7 Å². The first-order valence-corrected chi connectivity index (χ1v) is 5.59. The minimum absolute atomic E-state index is 0.595. The van der Waals surface area contributed by atoms with Crippen LogP contribution < -0.4 is 10.5 Å². The highest BCUT2D eigenvalue weighted by Gasteiger charge is 2.12. The number of nitrogens with zero attached hydrogens (tertiary/aromatic N) is 1. The van der Waals surface area contributed by atoms with E-state index in [-0.39, 0.29) is 0 Å². The van der Waals surface area contributed by atoms with Crippen molar-refractivity contribution in [1.29, 1.82) is 0 Å². The van der Waals surface area contributed by atoms with E-state index in [1.54, 1.807) is 7.11 Å². The molecule has 0 bridgehead atoms. The highest BCUT2D eigenvalue weighted by Crippen LogP contribution is 2.33. The molecule has 1 heterocycles. The summed E-state index contributed by atoms with van der Waals surface area (Å²) in [5.41, 5.74) is 7.75. The van der Waals surface area contributed by atoms with Crippen molar-refractivity contribution in [1.82, 2.24) is 4.57 Å². The van der Waals surface area contributed by atoms with E-state index in [0.717, 1.165) is 33.9 Å². The quantitative estimate of drug-likeness (QED) is 0.893. The molecule has 2 aromatic rings. The van der Waals surface area contributed by atoms with E-state index in [0.29, 0.717) is 6.54 Å². The van der Waals surface area contributed by atoms with Crippen molar-refractivity contribution in [3.8, 4) is 5.75 Å². The van der Waals surface area contributed by atoms with Gasteiger partial charge in [0.25, 0.3) is 0 Å². The second-order valence-electron chi connectivity index (χ2n) is 3.74. The van der Waals surface area contributed by atoms with Crippen molar-refractivity contribution in [2.24, 2.45) is 5.73 Å². The normalized spacial score (nSPS) is 11.0. The van der Waals surface area contributed by atoms with Gasteiger partial charge in [-0.05, 0) is 25.1 Å². The van der Waals surface area contributed by atoms with Gasteiger partial charge >= 0.3 is 0 Å². The summed E-state index contributed by atoms with van der Waals surface area (Å²) in [6.45, 7) is 3.41. The van der Waals surface area contributed by atoms with Gasteiger partial charge in [-0.15, -0.1) is 0 Å². The summed E-state index contributed by atoms with van der Waals surface area (Å²) in [4.78, 5) is 0. The summed E-state index contributed by atoms with van der Waals surface area (Å²) in [5.74, 6) is 0.846. The molecule has 0 saturated carbocycles. The van der Waals surface area contributed by atoms with Gasteiger partial charge in [0.1, 0.15) is 5.75 Å². The zero-order chi connectivity index (χ0) is 11.7. The molecular weight excluding hydrogens is 224 g/mol. The van der Waals surface area contributed by atoms with Crippen LogP contribution in [0.3, 0.4) is 0 Å². The third-order valence-corrected chi connectivity index (χ3v) is 3.05. The first kappa shape index (κ1) is 11.3. The maximum Gasteiger partial charge on any atom is 0.128 e. The van der Waals surface area contributed by atoms with Gasteiger partial charge in [-0.25, -0.2) is 0 Å². The van der Waals surface area contributed by atoms with Crippen molar-refractivity contribution in [3.05, 3.63) is 28.9 Å². The van der Waals surface area contributed by atoms with Gasteiger partial charge in [-0.1, -0.05) is 11.6 Å². The lowest BCUT2D eigenvalue weighted by atomic mass is 10.2. The molecule has 0 radical (unpaired) electrons. The van der Waals surface area contributed by atoms with Crippen LogP contribution in [0.4, 0.5) is 0 Å². The van der Waals surface area contributed by atoms with Crippen molar-refractivity contribution < 1.29 is 4.74 Å². The largest absolute Gasteiger partial charge is 0.496 e. The number of hydrogen-bond acceptors (Lipinski definition) is 2. The van der Waals surface area contributed by atoms with Crippen molar-refractivity contribution in [3.63, 3.8) is 0 Å². The summed E-state index contributed by atoms with van der Waals surface area (Å²) >= 11 is 6.22.